The van der Waals surface area contributed by atoms with Crippen molar-refractivity contribution in [3.63, 3.8) is 0 Å². The van der Waals surface area contributed by atoms with E-state index in [0.29, 0.717) is 19.8 Å². The van der Waals surface area contributed by atoms with Gasteiger partial charge in [-0.1, -0.05) is 26.0 Å². The van der Waals surface area contributed by atoms with Crippen LogP contribution in [0.5, 0.6) is 5.75 Å². The van der Waals surface area contributed by atoms with Crippen molar-refractivity contribution in [2.45, 2.75) is 89.4 Å². The maximum Gasteiger partial charge on any atom is 0.329 e. The molecule has 1 fully saturated rings. The lowest BCUT2D eigenvalue weighted by Gasteiger charge is -2.31. The Hall–Kier alpha value is -2.85. The molecular weight excluding hydrogens is 488 g/mol. The van der Waals surface area contributed by atoms with Gasteiger partial charge in [-0.15, -0.1) is 0 Å². The first kappa shape index (κ1) is 29.7. The summed E-state index contributed by atoms with van der Waals surface area (Å²) in [5.41, 5.74) is 5.36. The molecule has 2 aliphatic heterocycles. The van der Waals surface area contributed by atoms with Crippen LogP contribution in [0.2, 0.25) is 0 Å². The molecule has 3 aliphatic rings. The van der Waals surface area contributed by atoms with E-state index < -0.39 is 23.6 Å². The highest BCUT2D eigenvalue weighted by Gasteiger charge is 2.40. The van der Waals surface area contributed by atoms with Crippen LogP contribution in [-0.4, -0.2) is 66.5 Å². The number of benzene rings is 1. The zero-order chi connectivity index (χ0) is 27.7. The van der Waals surface area contributed by atoms with Crippen LogP contribution < -0.4 is 26.4 Å². The Morgan fingerprint density at radius 1 is 1.18 bits per heavy atom. The third kappa shape index (κ3) is 8.87. The Morgan fingerprint density at radius 2 is 1.89 bits per heavy atom. The summed E-state index contributed by atoms with van der Waals surface area (Å²) >= 11 is 0. The summed E-state index contributed by atoms with van der Waals surface area (Å²) in [5, 5.41) is 18.3. The molecule has 5 atom stereocenters. The summed E-state index contributed by atoms with van der Waals surface area (Å²) in [6.07, 6.45) is 4.62. The number of aliphatic carboxylic acids is 1. The number of fused-ring (bicyclic) bond motifs is 13. The molecule has 6 N–H and O–H groups in total. The molecule has 212 valence electrons. The molecule has 1 saturated carbocycles. The molecule has 38 heavy (non-hydrogen) atoms. The molecular formula is C28H44N4O6. The SMILES string of the molecule is CC(C)C1COCCCCOc2ccc(cc2)C[C@@H](NC(=O)N[C@@](C)(C[C@@H]2CC[C@@H](N)C2)C(=O)O)C(=O)N1. The van der Waals surface area contributed by atoms with E-state index in [9.17, 15) is 19.5 Å². The van der Waals surface area contributed by atoms with Crippen molar-refractivity contribution in [1.82, 2.24) is 16.0 Å². The Morgan fingerprint density at radius 3 is 2.53 bits per heavy atom. The van der Waals surface area contributed by atoms with E-state index in [1.54, 1.807) is 0 Å². The Labute approximate surface area is 225 Å². The van der Waals surface area contributed by atoms with E-state index in [4.69, 9.17) is 15.2 Å². The lowest BCUT2D eigenvalue weighted by molar-refractivity contribution is -0.144. The zero-order valence-corrected chi connectivity index (χ0v) is 22.8. The second-order valence-electron chi connectivity index (χ2n) is 11.3. The van der Waals surface area contributed by atoms with Crippen molar-refractivity contribution in [1.29, 1.82) is 0 Å². The summed E-state index contributed by atoms with van der Waals surface area (Å²) < 4.78 is 11.6. The van der Waals surface area contributed by atoms with Gasteiger partial charge in [-0.3, -0.25) is 4.79 Å². The van der Waals surface area contributed by atoms with Gasteiger partial charge in [-0.2, -0.15) is 0 Å². The number of carbonyl (C=O) groups excluding carboxylic acids is 2. The van der Waals surface area contributed by atoms with Crippen LogP contribution in [0.15, 0.2) is 24.3 Å². The first-order chi connectivity index (χ1) is 18.1. The van der Waals surface area contributed by atoms with Crippen LogP contribution in [0.3, 0.4) is 0 Å². The van der Waals surface area contributed by atoms with E-state index in [2.05, 4.69) is 16.0 Å². The molecule has 0 radical (unpaired) electrons. The van der Waals surface area contributed by atoms with Crippen molar-refractivity contribution >= 4 is 17.9 Å². The summed E-state index contributed by atoms with van der Waals surface area (Å²) in [6, 6.07) is 5.62. The van der Waals surface area contributed by atoms with Gasteiger partial charge in [0.2, 0.25) is 5.91 Å². The van der Waals surface area contributed by atoms with Crippen molar-refractivity contribution in [2.75, 3.05) is 19.8 Å². The van der Waals surface area contributed by atoms with Gasteiger partial charge in [-0.25, -0.2) is 9.59 Å². The largest absolute Gasteiger partial charge is 0.494 e. The summed E-state index contributed by atoms with van der Waals surface area (Å²) in [7, 11) is 0. The monoisotopic (exact) mass is 532 g/mol. The molecule has 1 unspecified atom stereocenters. The van der Waals surface area contributed by atoms with Crippen LogP contribution in [0.25, 0.3) is 0 Å². The van der Waals surface area contributed by atoms with Crippen LogP contribution in [0.1, 0.15) is 64.9 Å². The average molecular weight is 533 g/mol. The van der Waals surface area contributed by atoms with Crippen LogP contribution in [0.4, 0.5) is 4.79 Å². The van der Waals surface area contributed by atoms with E-state index in [0.717, 1.165) is 43.4 Å². The van der Waals surface area contributed by atoms with E-state index in [1.807, 2.05) is 38.1 Å². The van der Waals surface area contributed by atoms with Crippen molar-refractivity contribution in [3.8, 4) is 5.75 Å². The van der Waals surface area contributed by atoms with Crippen LogP contribution in [0, 0.1) is 11.8 Å². The van der Waals surface area contributed by atoms with E-state index in [-0.39, 0.29) is 42.7 Å². The summed E-state index contributed by atoms with van der Waals surface area (Å²) in [6.45, 7) is 7.01. The quantitative estimate of drug-likeness (QED) is 0.378. The predicted octanol–water partition coefficient (Wildman–Crippen LogP) is 2.59. The fraction of sp³-hybridized carbons (Fsp3) is 0.679. The van der Waals surface area contributed by atoms with Crippen LogP contribution in [-0.2, 0) is 20.7 Å². The van der Waals surface area contributed by atoms with Gasteiger partial charge >= 0.3 is 12.0 Å². The molecule has 1 aromatic carbocycles. The normalized spacial score (nSPS) is 26.7. The minimum Gasteiger partial charge on any atom is -0.494 e. The number of carboxylic acids is 1. The standard InChI is InChI=1S/C28H44N4O6/c1-18(2)24-17-37-12-4-5-13-38-22-10-7-19(8-11-22)15-23(25(33)30-24)31-27(36)32-28(3,26(34)35)16-20-6-9-21(29)14-20/h7-8,10-11,18,20-21,23-24H,4-6,9,12-17,29H2,1-3H3,(H,30,33)(H,34,35)(H2,31,32,36)/t20-,21-,23-,24?,28+/m1/s1. The molecule has 10 heteroatoms. The number of hydrogen-bond donors (Lipinski definition) is 5. The minimum atomic E-state index is -1.49. The van der Waals surface area contributed by atoms with Gasteiger partial charge in [0.05, 0.1) is 19.3 Å². The fourth-order valence-electron chi connectivity index (χ4n) is 5.07. The second kappa shape index (κ2) is 13.8. The second-order valence-corrected chi connectivity index (χ2v) is 11.3. The zero-order valence-electron chi connectivity index (χ0n) is 22.8. The molecule has 2 bridgehead atoms. The third-order valence-corrected chi connectivity index (χ3v) is 7.51. The van der Waals surface area contributed by atoms with Gasteiger partial charge in [0.15, 0.2) is 0 Å². The molecule has 1 aliphatic carbocycles. The fourth-order valence-corrected chi connectivity index (χ4v) is 5.07. The van der Waals surface area contributed by atoms with Gasteiger partial charge in [0.25, 0.3) is 0 Å². The molecule has 0 spiro atoms. The highest BCUT2D eigenvalue weighted by Crippen LogP contribution is 2.31. The number of urea groups is 1. The molecule has 1 aromatic rings. The molecule has 0 saturated heterocycles. The van der Waals surface area contributed by atoms with Crippen molar-refractivity contribution in [2.24, 2.45) is 17.6 Å². The number of carboxylic acid groups (broad SMARTS) is 1. The maximum absolute atomic E-state index is 13.4. The predicted molar refractivity (Wildman–Crippen MR) is 144 cm³/mol. The summed E-state index contributed by atoms with van der Waals surface area (Å²) in [4.78, 5) is 38.7. The van der Waals surface area contributed by atoms with Crippen LogP contribution >= 0.6 is 0 Å². The highest BCUT2D eigenvalue weighted by molar-refractivity contribution is 5.90. The lowest BCUT2D eigenvalue weighted by Crippen LogP contribution is -2.60. The molecule has 3 amide bonds. The number of nitrogens with one attached hydrogen (secondary N) is 3. The van der Waals surface area contributed by atoms with Gasteiger partial charge in [0, 0.05) is 19.1 Å². The Bertz CT molecular complexity index is 940. The number of amides is 3. The number of rotatable bonds is 6. The Balaban J connectivity index is 1.76. The smallest absolute Gasteiger partial charge is 0.329 e. The summed E-state index contributed by atoms with van der Waals surface area (Å²) in [5.74, 6) is -0.512. The lowest BCUT2D eigenvalue weighted by atomic mass is 9.88. The Kier molecular flexibility index (Phi) is 10.8. The molecule has 0 aromatic heterocycles. The molecule has 2 heterocycles. The van der Waals surface area contributed by atoms with Gasteiger partial charge < -0.3 is 36.3 Å². The van der Waals surface area contributed by atoms with Gasteiger partial charge in [0.1, 0.15) is 17.3 Å². The first-order valence-corrected chi connectivity index (χ1v) is 13.7. The van der Waals surface area contributed by atoms with E-state index in [1.165, 1.54) is 6.92 Å². The van der Waals surface area contributed by atoms with E-state index >= 15 is 0 Å². The number of ether oxygens (including phenoxy) is 2. The number of hydrogen-bond acceptors (Lipinski definition) is 6. The maximum atomic E-state index is 13.4. The topological polar surface area (TPSA) is 152 Å². The average Bonchev–Trinajstić information content (AvgIpc) is 3.26. The van der Waals surface area contributed by atoms with Crippen molar-refractivity contribution < 1.29 is 29.0 Å². The number of carbonyl (C=O) groups is 3. The molecule has 4 rings (SSSR count). The first-order valence-electron chi connectivity index (χ1n) is 13.7. The van der Waals surface area contributed by atoms with Gasteiger partial charge in [-0.05, 0) is 75.0 Å². The minimum absolute atomic E-state index is 0.0589. The number of nitrogens with two attached hydrogens (primary N) is 1. The molecule has 10 nitrogen and oxygen atoms in total. The third-order valence-electron chi connectivity index (χ3n) is 7.51. The van der Waals surface area contributed by atoms with Crippen molar-refractivity contribution in [3.05, 3.63) is 29.8 Å². The highest BCUT2D eigenvalue weighted by atomic mass is 16.5.